The minimum Gasteiger partial charge on any atom is -0.294 e. The topological polar surface area (TPSA) is 40.9 Å². The standard InChI is InChI=1S/C10H9NOS2/c11-4-1-7-2-5-13-10-8(9(7)12)3-6-14-10/h3,6-7H,1-2,5H2. The molecule has 14 heavy (non-hydrogen) atoms. The van der Waals surface area contributed by atoms with Crippen LogP contribution in [0.4, 0.5) is 0 Å². The molecule has 0 bridgehead atoms. The van der Waals surface area contributed by atoms with Crippen molar-refractivity contribution in [2.75, 3.05) is 5.75 Å². The lowest BCUT2D eigenvalue weighted by molar-refractivity contribution is 0.0918. The van der Waals surface area contributed by atoms with Crippen LogP contribution in [0, 0.1) is 17.2 Å². The molecule has 72 valence electrons. The molecule has 0 fully saturated rings. The molecule has 2 heterocycles. The Labute approximate surface area is 90.9 Å². The minimum atomic E-state index is -0.0802. The van der Waals surface area contributed by atoms with E-state index in [1.807, 2.05) is 11.4 Å². The van der Waals surface area contributed by atoms with Crippen LogP contribution >= 0.6 is 23.1 Å². The molecule has 2 nitrogen and oxygen atoms in total. The number of ketones is 1. The van der Waals surface area contributed by atoms with E-state index in [0.29, 0.717) is 6.42 Å². The fourth-order valence-electron chi connectivity index (χ4n) is 1.54. The molecule has 0 N–H and O–H groups in total. The lowest BCUT2D eigenvalue weighted by Gasteiger charge is -2.06. The first-order valence-corrected chi connectivity index (χ1v) is 6.31. The highest BCUT2D eigenvalue weighted by Crippen LogP contribution is 2.36. The van der Waals surface area contributed by atoms with Crippen molar-refractivity contribution in [1.82, 2.24) is 0 Å². The minimum absolute atomic E-state index is 0.0802. The molecule has 1 aromatic heterocycles. The monoisotopic (exact) mass is 223 g/mol. The Bertz CT molecular complexity index is 391. The summed E-state index contributed by atoms with van der Waals surface area (Å²) in [5.74, 6) is 1.03. The highest BCUT2D eigenvalue weighted by molar-refractivity contribution is 8.01. The third kappa shape index (κ3) is 1.70. The van der Waals surface area contributed by atoms with Crippen molar-refractivity contribution in [1.29, 1.82) is 5.26 Å². The summed E-state index contributed by atoms with van der Waals surface area (Å²) in [5, 5.41) is 10.6. The van der Waals surface area contributed by atoms with Gasteiger partial charge in [0, 0.05) is 17.9 Å². The first-order valence-electron chi connectivity index (χ1n) is 4.44. The van der Waals surface area contributed by atoms with E-state index in [2.05, 4.69) is 6.07 Å². The van der Waals surface area contributed by atoms with Gasteiger partial charge < -0.3 is 0 Å². The second-order valence-corrected chi connectivity index (χ2v) is 5.46. The molecule has 0 aromatic carbocycles. The third-order valence-corrected chi connectivity index (χ3v) is 4.57. The third-order valence-electron chi connectivity index (χ3n) is 2.30. The van der Waals surface area contributed by atoms with E-state index >= 15 is 0 Å². The number of hydrogen-bond donors (Lipinski definition) is 0. The largest absolute Gasteiger partial charge is 0.294 e. The van der Waals surface area contributed by atoms with Crippen LogP contribution in [-0.2, 0) is 0 Å². The molecule has 1 unspecified atom stereocenters. The van der Waals surface area contributed by atoms with Crippen molar-refractivity contribution < 1.29 is 4.79 Å². The number of rotatable bonds is 1. The Morgan fingerprint density at radius 1 is 1.64 bits per heavy atom. The van der Waals surface area contributed by atoms with E-state index in [4.69, 9.17) is 5.26 Å². The first-order chi connectivity index (χ1) is 6.83. The van der Waals surface area contributed by atoms with Gasteiger partial charge in [0.25, 0.3) is 0 Å². The number of nitriles is 1. The molecule has 0 amide bonds. The van der Waals surface area contributed by atoms with Crippen molar-refractivity contribution in [3.63, 3.8) is 0 Å². The molecular formula is C10H9NOS2. The van der Waals surface area contributed by atoms with Gasteiger partial charge in [0.2, 0.25) is 0 Å². The summed E-state index contributed by atoms with van der Waals surface area (Å²) in [4.78, 5) is 11.9. The van der Waals surface area contributed by atoms with Gasteiger partial charge in [0.1, 0.15) is 0 Å². The Morgan fingerprint density at radius 3 is 3.29 bits per heavy atom. The van der Waals surface area contributed by atoms with Crippen LogP contribution in [0.1, 0.15) is 23.2 Å². The zero-order valence-electron chi connectivity index (χ0n) is 7.53. The predicted octanol–water partition coefficient (Wildman–Crippen LogP) is 2.96. The number of carbonyl (C=O) groups excluding carboxylic acids is 1. The van der Waals surface area contributed by atoms with Crippen LogP contribution in [0.2, 0.25) is 0 Å². The van der Waals surface area contributed by atoms with Gasteiger partial charge in [-0.2, -0.15) is 5.26 Å². The number of hydrogen-bond acceptors (Lipinski definition) is 4. The lowest BCUT2D eigenvalue weighted by Crippen LogP contribution is -2.13. The van der Waals surface area contributed by atoms with Crippen molar-refractivity contribution in [3.8, 4) is 6.07 Å². The summed E-state index contributed by atoms with van der Waals surface area (Å²) >= 11 is 3.36. The molecule has 0 saturated heterocycles. The zero-order chi connectivity index (χ0) is 9.97. The Morgan fingerprint density at radius 2 is 2.50 bits per heavy atom. The maximum absolute atomic E-state index is 11.9. The van der Waals surface area contributed by atoms with Gasteiger partial charge in [-0.1, -0.05) is 0 Å². The molecule has 1 aromatic rings. The van der Waals surface area contributed by atoms with E-state index in [9.17, 15) is 4.79 Å². The summed E-state index contributed by atoms with van der Waals surface area (Å²) in [5.41, 5.74) is 0.831. The number of carbonyl (C=O) groups is 1. The van der Waals surface area contributed by atoms with Crippen molar-refractivity contribution in [2.45, 2.75) is 17.1 Å². The van der Waals surface area contributed by atoms with Crippen LogP contribution in [0.5, 0.6) is 0 Å². The predicted molar refractivity (Wildman–Crippen MR) is 57.7 cm³/mol. The fraction of sp³-hybridized carbons (Fsp3) is 0.400. The van der Waals surface area contributed by atoms with Crippen LogP contribution in [0.3, 0.4) is 0 Å². The van der Waals surface area contributed by atoms with E-state index in [1.165, 1.54) is 0 Å². The van der Waals surface area contributed by atoms with E-state index in [-0.39, 0.29) is 11.7 Å². The Balaban J connectivity index is 2.30. The second kappa shape index (κ2) is 4.16. The van der Waals surface area contributed by atoms with Crippen molar-refractivity contribution in [2.24, 2.45) is 5.92 Å². The summed E-state index contributed by atoms with van der Waals surface area (Å²) in [6, 6.07) is 3.97. The van der Waals surface area contributed by atoms with Gasteiger partial charge in [-0.05, 0) is 23.6 Å². The highest BCUT2D eigenvalue weighted by Gasteiger charge is 2.26. The highest BCUT2D eigenvalue weighted by atomic mass is 32.2. The second-order valence-electron chi connectivity index (χ2n) is 3.18. The van der Waals surface area contributed by atoms with Crippen LogP contribution in [0.25, 0.3) is 0 Å². The van der Waals surface area contributed by atoms with Gasteiger partial charge in [-0.15, -0.1) is 23.1 Å². The van der Waals surface area contributed by atoms with Gasteiger partial charge in [-0.3, -0.25) is 4.79 Å². The number of nitrogens with zero attached hydrogens (tertiary/aromatic N) is 1. The van der Waals surface area contributed by atoms with Gasteiger partial charge in [0.05, 0.1) is 10.3 Å². The van der Waals surface area contributed by atoms with Gasteiger partial charge in [0.15, 0.2) is 5.78 Å². The van der Waals surface area contributed by atoms with Crippen LogP contribution in [0.15, 0.2) is 15.7 Å². The molecule has 0 spiro atoms. The molecule has 1 atom stereocenters. The Kier molecular flexibility index (Phi) is 2.90. The smallest absolute Gasteiger partial charge is 0.168 e. The fourth-order valence-corrected chi connectivity index (χ4v) is 3.76. The van der Waals surface area contributed by atoms with Gasteiger partial charge in [-0.25, -0.2) is 0 Å². The summed E-state index contributed by atoms with van der Waals surface area (Å²) in [6.45, 7) is 0. The maximum atomic E-state index is 11.9. The van der Waals surface area contributed by atoms with Gasteiger partial charge >= 0.3 is 0 Å². The number of thiophene rings is 1. The molecule has 4 heteroatoms. The number of thioether (sulfide) groups is 1. The molecule has 0 aliphatic carbocycles. The summed E-state index contributed by atoms with van der Waals surface area (Å²) in [7, 11) is 0. The normalized spacial score (nSPS) is 21.1. The molecule has 0 saturated carbocycles. The van der Waals surface area contributed by atoms with Crippen molar-refractivity contribution >= 4 is 28.9 Å². The van der Waals surface area contributed by atoms with E-state index < -0.39 is 0 Å². The van der Waals surface area contributed by atoms with Crippen LogP contribution < -0.4 is 0 Å². The quantitative estimate of drug-likeness (QED) is 0.735. The molecule has 1 aliphatic rings. The SMILES string of the molecule is N#CCC1CCSc2sccc2C1=O. The first kappa shape index (κ1) is 9.75. The van der Waals surface area contributed by atoms with E-state index in [1.54, 1.807) is 23.1 Å². The number of fused-ring (bicyclic) bond motifs is 1. The van der Waals surface area contributed by atoms with Crippen LogP contribution in [-0.4, -0.2) is 11.5 Å². The zero-order valence-corrected chi connectivity index (χ0v) is 9.16. The molecular weight excluding hydrogens is 214 g/mol. The average molecular weight is 223 g/mol. The lowest BCUT2D eigenvalue weighted by atomic mass is 9.94. The summed E-state index contributed by atoms with van der Waals surface area (Å²) in [6.07, 6.45) is 1.19. The average Bonchev–Trinajstić information content (AvgIpc) is 2.59. The maximum Gasteiger partial charge on any atom is 0.168 e. The number of Topliss-reactive ketones (excluding diaryl/α,β-unsaturated/α-hetero) is 1. The Hall–Kier alpha value is -0.790. The van der Waals surface area contributed by atoms with Crippen molar-refractivity contribution in [3.05, 3.63) is 17.0 Å². The molecule has 2 rings (SSSR count). The molecule has 0 radical (unpaired) electrons. The molecule has 1 aliphatic heterocycles. The van der Waals surface area contributed by atoms with E-state index in [0.717, 1.165) is 21.9 Å². The summed E-state index contributed by atoms with van der Waals surface area (Å²) < 4.78 is 1.12.